The molecule has 0 fully saturated rings. The summed E-state index contributed by atoms with van der Waals surface area (Å²) in [6.45, 7) is 6.76. The fourth-order valence-electron chi connectivity index (χ4n) is 2.37. The van der Waals surface area contributed by atoms with Crippen molar-refractivity contribution in [3.05, 3.63) is 30.5 Å². The number of carbonyl (C=O) groups is 1. The first-order valence-corrected chi connectivity index (χ1v) is 7.80. The highest BCUT2D eigenvalue weighted by atomic mass is 16.3. The summed E-state index contributed by atoms with van der Waals surface area (Å²) in [5.41, 5.74) is 1.26. The molecule has 2 aromatic rings. The van der Waals surface area contributed by atoms with Gasteiger partial charge in [0.25, 0.3) is 0 Å². The standard InChI is InChI=1S/C17H25N3O2/c1-4-9-20-10-8-13-6-7-14(11-15(13)20)18-16(22)19-17(3,5-2)12-21/h6-8,10-11,21H,4-5,9,12H2,1-3H3,(H2,18,19,22). The van der Waals surface area contributed by atoms with E-state index in [0.717, 1.165) is 29.6 Å². The predicted molar refractivity (Wildman–Crippen MR) is 90.2 cm³/mol. The van der Waals surface area contributed by atoms with Crippen molar-refractivity contribution in [1.29, 1.82) is 0 Å². The summed E-state index contributed by atoms with van der Waals surface area (Å²) in [5, 5.41) is 16.2. The first kappa shape index (κ1) is 16.4. The van der Waals surface area contributed by atoms with E-state index in [0.29, 0.717) is 6.42 Å². The maximum atomic E-state index is 12.1. The molecule has 3 N–H and O–H groups in total. The van der Waals surface area contributed by atoms with Crippen LogP contribution in [0.15, 0.2) is 30.5 Å². The van der Waals surface area contributed by atoms with E-state index in [1.165, 1.54) is 0 Å². The highest BCUT2D eigenvalue weighted by molar-refractivity contribution is 5.93. The number of rotatable bonds is 6. The number of nitrogens with one attached hydrogen (secondary N) is 2. The Morgan fingerprint density at radius 1 is 1.32 bits per heavy atom. The lowest BCUT2D eigenvalue weighted by Crippen LogP contribution is -2.50. The van der Waals surface area contributed by atoms with Crippen LogP contribution in [0.4, 0.5) is 10.5 Å². The molecule has 0 aliphatic rings. The second-order valence-corrected chi connectivity index (χ2v) is 5.93. The quantitative estimate of drug-likeness (QED) is 0.766. The molecule has 1 aromatic heterocycles. The Bertz CT molecular complexity index is 644. The largest absolute Gasteiger partial charge is 0.394 e. The molecule has 1 unspecified atom stereocenters. The number of aliphatic hydroxyl groups is 1. The maximum absolute atomic E-state index is 12.1. The minimum atomic E-state index is -0.601. The normalized spacial score (nSPS) is 13.8. The topological polar surface area (TPSA) is 66.3 Å². The van der Waals surface area contributed by atoms with Crippen LogP contribution >= 0.6 is 0 Å². The Labute approximate surface area is 131 Å². The molecule has 2 rings (SSSR count). The smallest absolute Gasteiger partial charge is 0.319 e. The zero-order valence-corrected chi connectivity index (χ0v) is 13.5. The molecule has 0 saturated carbocycles. The van der Waals surface area contributed by atoms with Gasteiger partial charge >= 0.3 is 6.03 Å². The lowest BCUT2D eigenvalue weighted by molar-refractivity contribution is 0.172. The van der Waals surface area contributed by atoms with Crippen molar-refractivity contribution in [2.75, 3.05) is 11.9 Å². The Balaban J connectivity index is 2.14. The van der Waals surface area contributed by atoms with Crippen LogP contribution in [0.2, 0.25) is 0 Å². The zero-order valence-electron chi connectivity index (χ0n) is 13.5. The average Bonchev–Trinajstić information content (AvgIpc) is 2.90. The van der Waals surface area contributed by atoms with Gasteiger partial charge in [-0.05, 0) is 43.4 Å². The van der Waals surface area contributed by atoms with Gasteiger partial charge in [0.1, 0.15) is 0 Å². The van der Waals surface area contributed by atoms with Gasteiger partial charge in [-0.3, -0.25) is 0 Å². The van der Waals surface area contributed by atoms with Gasteiger partial charge in [0.05, 0.1) is 17.7 Å². The lowest BCUT2D eigenvalue weighted by Gasteiger charge is -2.27. The molecule has 0 bridgehead atoms. The van der Waals surface area contributed by atoms with Crippen LogP contribution in [0, 0.1) is 0 Å². The van der Waals surface area contributed by atoms with E-state index >= 15 is 0 Å². The first-order chi connectivity index (χ1) is 10.5. The minimum absolute atomic E-state index is 0.0880. The summed E-state index contributed by atoms with van der Waals surface area (Å²) in [6.07, 6.45) is 3.79. The van der Waals surface area contributed by atoms with E-state index in [4.69, 9.17) is 0 Å². The van der Waals surface area contributed by atoms with E-state index < -0.39 is 5.54 Å². The van der Waals surface area contributed by atoms with Crippen LogP contribution in [0.5, 0.6) is 0 Å². The molecule has 5 nitrogen and oxygen atoms in total. The van der Waals surface area contributed by atoms with Crippen LogP contribution in [-0.4, -0.2) is 27.9 Å². The summed E-state index contributed by atoms with van der Waals surface area (Å²) in [4.78, 5) is 12.1. The van der Waals surface area contributed by atoms with Gasteiger partial charge in [0, 0.05) is 18.4 Å². The van der Waals surface area contributed by atoms with E-state index in [2.05, 4.69) is 34.4 Å². The van der Waals surface area contributed by atoms with Crippen LogP contribution < -0.4 is 10.6 Å². The van der Waals surface area contributed by atoms with Crippen LogP contribution in [-0.2, 0) is 6.54 Å². The number of aromatic nitrogens is 1. The van der Waals surface area contributed by atoms with Crippen molar-refractivity contribution in [2.24, 2.45) is 0 Å². The number of aliphatic hydroxyl groups excluding tert-OH is 1. The van der Waals surface area contributed by atoms with Crippen molar-refractivity contribution in [3.8, 4) is 0 Å². The number of aryl methyl sites for hydroxylation is 1. The first-order valence-electron chi connectivity index (χ1n) is 7.80. The van der Waals surface area contributed by atoms with E-state index in [1.807, 2.05) is 32.0 Å². The van der Waals surface area contributed by atoms with E-state index in [9.17, 15) is 9.90 Å². The number of fused-ring (bicyclic) bond motifs is 1. The minimum Gasteiger partial charge on any atom is -0.394 e. The molecule has 0 radical (unpaired) electrons. The SMILES string of the molecule is CCCn1ccc2ccc(NC(=O)NC(C)(CC)CO)cc21. The van der Waals surface area contributed by atoms with Gasteiger partial charge in [-0.15, -0.1) is 0 Å². The highest BCUT2D eigenvalue weighted by Crippen LogP contribution is 2.21. The summed E-state index contributed by atoms with van der Waals surface area (Å²) in [5.74, 6) is 0. The lowest BCUT2D eigenvalue weighted by atomic mass is 10.0. The summed E-state index contributed by atoms with van der Waals surface area (Å²) in [6, 6.07) is 7.65. The number of nitrogens with zero attached hydrogens (tertiary/aromatic N) is 1. The van der Waals surface area contributed by atoms with Crippen molar-refractivity contribution >= 4 is 22.6 Å². The molecular formula is C17H25N3O2. The number of hydrogen-bond donors (Lipinski definition) is 3. The average molecular weight is 303 g/mol. The Morgan fingerprint density at radius 3 is 2.73 bits per heavy atom. The third-order valence-electron chi connectivity index (χ3n) is 4.04. The van der Waals surface area contributed by atoms with Gasteiger partial charge in [-0.2, -0.15) is 0 Å². The molecule has 1 atom stereocenters. The molecule has 2 amide bonds. The molecule has 5 heteroatoms. The van der Waals surface area contributed by atoms with Gasteiger partial charge in [-0.1, -0.05) is 19.9 Å². The Hall–Kier alpha value is -2.01. The number of urea groups is 1. The Kier molecular flexibility index (Phi) is 5.08. The summed E-state index contributed by atoms with van der Waals surface area (Å²) >= 11 is 0. The molecule has 120 valence electrons. The third kappa shape index (κ3) is 3.60. The van der Waals surface area contributed by atoms with E-state index in [1.54, 1.807) is 0 Å². The van der Waals surface area contributed by atoms with Gasteiger partial charge in [0.15, 0.2) is 0 Å². The fourth-order valence-corrected chi connectivity index (χ4v) is 2.37. The molecule has 0 saturated heterocycles. The molecule has 0 aliphatic carbocycles. The van der Waals surface area contributed by atoms with Crippen molar-refractivity contribution < 1.29 is 9.90 Å². The summed E-state index contributed by atoms with van der Waals surface area (Å²) in [7, 11) is 0. The van der Waals surface area contributed by atoms with Crippen LogP contribution in [0.3, 0.4) is 0 Å². The van der Waals surface area contributed by atoms with Gasteiger partial charge in [0.2, 0.25) is 0 Å². The highest BCUT2D eigenvalue weighted by Gasteiger charge is 2.23. The van der Waals surface area contributed by atoms with E-state index in [-0.39, 0.29) is 12.6 Å². The number of anilines is 1. The van der Waals surface area contributed by atoms with Gasteiger partial charge < -0.3 is 20.3 Å². The van der Waals surface area contributed by atoms with Crippen LogP contribution in [0.1, 0.15) is 33.6 Å². The molecule has 22 heavy (non-hydrogen) atoms. The molecular weight excluding hydrogens is 278 g/mol. The predicted octanol–water partition coefficient (Wildman–Crippen LogP) is 3.33. The van der Waals surface area contributed by atoms with Crippen molar-refractivity contribution in [2.45, 2.75) is 45.7 Å². The van der Waals surface area contributed by atoms with Crippen LogP contribution in [0.25, 0.3) is 10.9 Å². The molecule has 1 heterocycles. The zero-order chi connectivity index (χ0) is 16.2. The second kappa shape index (κ2) is 6.83. The number of hydrogen-bond acceptors (Lipinski definition) is 2. The van der Waals surface area contributed by atoms with Crippen molar-refractivity contribution in [1.82, 2.24) is 9.88 Å². The number of benzene rings is 1. The monoisotopic (exact) mass is 303 g/mol. The van der Waals surface area contributed by atoms with Crippen molar-refractivity contribution in [3.63, 3.8) is 0 Å². The Morgan fingerprint density at radius 2 is 2.09 bits per heavy atom. The maximum Gasteiger partial charge on any atom is 0.319 e. The third-order valence-corrected chi connectivity index (χ3v) is 4.04. The molecule has 0 aliphatic heterocycles. The number of carbonyl (C=O) groups excluding carboxylic acids is 1. The fraction of sp³-hybridized carbons (Fsp3) is 0.471. The second-order valence-electron chi connectivity index (χ2n) is 5.93. The molecule has 1 aromatic carbocycles. The summed E-state index contributed by atoms with van der Waals surface area (Å²) < 4.78 is 2.18. The molecule has 0 spiro atoms. The van der Waals surface area contributed by atoms with Gasteiger partial charge in [-0.25, -0.2) is 4.79 Å². The number of amides is 2.